The van der Waals surface area contributed by atoms with Gasteiger partial charge in [0.1, 0.15) is 5.69 Å². The third-order valence-electron chi connectivity index (χ3n) is 2.90. The molecule has 0 saturated heterocycles. The van der Waals surface area contributed by atoms with Gasteiger partial charge in [0.15, 0.2) is 5.13 Å². The minimum atomic E-state index is -0.284. The van der Waals surface area contributed by atoms with Crippen molar-refractivity contribution in [3.05, 3.63) is 35.1 Å². The maximum atomic E-state index is 12.0. The lowest BCUT2D eigenvalue weighted by atomic mass is 10.3. The highest BCUT2D eigenvalue weighted by molar-refractivity contribution is 7.14. The summed E-state index contributed by atoms with van der Waals surface area (Å²) in [5.41, 5.74) is 4.50. The van der Waals surface area contributed by atoms with Crippen molar-refractivity contribution in [2.24, 2.45) is 5.84 Å². The summed E-state index contributed by atoms with van der Waals surface area (Å²) in [6, 6.07) is 3.27. The molecule has 0 atom stereocenters. The molecule has 1 amide bonds. The molecular formula is C12H13N5OS. The molecule has 0 spiro atoms. The largest absolute Gasteiger partial charge is 0.324 e. The van der Waals surface area contributed by atoms with Crippen LogP contribution in [0, 0.1) is 0 Å². The van der Waals surface area contributed by atoms with Gasteiger partial charge in [-0.3, -0.25) is 20.9 Å². The van der Waals surface area contributed by atoms with Crippen molar-refractivity contribution in [1.82, 2.24) is 9.97 Å². The molecule has 1 fully saturated rings. The molecule has 7 heteroatoms. The molecule has 0 unspecified atom stereocenters. The van der Waals surface area contributed by atoms with Gasteiger partial charge in [0, 0.05) is 17.5 Å². The van der Waals surface area contributed by atoms with Crippen LogP contribution in [0.3, 0.4) is 0 Å². The van der Waals surface area contributed by atoms with Crippen LogP contribution in [0.4, 0.5) is 10.8 Å². The topological polar surface area (TPSA) is 92.9 Å². The van der Waals surface area contributed by atoms with Crippen LogP contribution < -0.4 is 16.6 Å². The summed E-state index contributed by atoms with van der Waals surface area (Å²) in [5.74, 6) is 5.60. The molecule has 2 aromatic heterocycles. The average Bonchev–Trinajstić information content (AvgIpc) is 3.19. The number of nitrogens with one attached hydrogen (secondary N) is 2. The van der Waals surface area contributed by atoms with E-state index in [1.807, 2.05) is 5.38 Å². The highest BCUT2D eigenvalue weighted by Gasteiger charge is 2.26. The lowest BCUT2D eigenvalue weighted by Gasteiger charge is -2.03. The van der Waals surface area contributed by atoms with Crippen LogP contribution in [-0.4, -0.2) is 15.9 Å². The molecule has 1 saturated carbocycles. The van der Waals surface area contributed by atoms with Crippen molar-refractivity contribution in [3.8, 4) is 0 Å². The number of carbonyl (C=O) groups is 1. The van der Waals surface area contributed by atoms with Crippen molar-refractivity contribution >= 4 is 28.1 Å². The minimum absolute atomic E-state index is 0.284. The third kappa shape index (κ3) is 2.72. The zero-order valence-electron chi connectivity index (χ0n) is 10.1. The van der Waals surface area contributed by atoms with E-state index >= 15 is 0 Å². The Morgan fingerprint density at radius 1 is 1.47 bits per heavy atom. The van der Waals surface area contributed by atoms with E-state index in [9.17, 15) is 4.79 Å². The molecule has 98 valence electrons. The number of amides is 1. The standard InChI is InChI=1S/C12H13N5OS/c13-17-8-3-4-14-9(5-8)11(18)16-12-15-10(6-19-12)7-1-2-7/h3-7H,1-2,13H2,(H,14,17)(H,15,16,18). The monoisotopic (exact) mass is 275 g/mol. The molecule has 2 aromatic rings. The molecular weight excluding hydrogens is 262 g/mol. The molecule has 1 aliphatic rings. The average molecular weight is 275 g/mol. The van der Waals surface area contributed by atoms with Crippen LogP contribution >= 0.6 is 11.3 Å². The number of hydrogen-bond acceptors (Lipinski definition) is 6. The lowest BCUT2D eigenvalue weighted by molar-refractivity contribution is 0.102. The van der Waals surface area contributed by atoms with Gasteiger partial charge in [-0.05, 0) is 25.0 Å². The quantitative estimate of drug-likeness (QED) is 0.586. The van der Waals surface area contributed by atoms with Gasteiger partial charge in [0.25, 0.3) is 5.91 Å². The second-order valence-electron chi connectivity index (χ2n) is 4.38. The van der Waals surface area contributed by atoms with Crippen molar-refractivity contribution in [3.63, 3.8) is 0 Å². The highest BCUT2D eigenvalue weighted by atomic mass is 32.1. The SMILES string of the molecule is NNc1ccnc(C(=O)Nc2nc(C3CC3)cs2)c1. The van der Waals surface area contributed by atoms with Gasteiger partial charge in [-0.25, -0.2) is 4.98 Å². The molecule has 6 nitrogen and oxygen atoms in total. The Morgan fingerprint density at radius 2 is 2.32 bits per heavy atom. The van der Waals surface area contributed by atoms with Crippen LogP contribution in [-0.2, 0) is 0 Å². The van der Waals surface area contributed by atoms with Crippen molar-refractivity contribution in [2.75, 3.05) is 10.7 Å². The summed E-state index contributed by atoms with van der Waals surface area (Å²) in [5, 5.41) is 5.36. The first kappa shape index (κ1) is 12.1. The van der Waals surface area contributed by atoms with Gasteiger partial charge in [-0.2, -0.15) is 0 Å². The molecule has 2 heterocycles. The first-order valence-electron chi connectivity index (χ1n) is 5.95. The third-order valence-corrected chi connectivity index (χ3v) is 3.67. The number of anilines is 2. The molecule has 4 N–H and O–H groups in total. The van der Waals surface area contributed by atoms with Crippen LogP contribution in [0.1, 0.15) is 34.9 Å². The fourth-order valence-electron chi connectivity index (χ4n) is 1.72. The van der Waals surface area contributed by atoms with Gasteiger partial charge in [0.2, 0.25) is 0 Å². The second-order valence-corrected chi connectivity index (χ2v) is 5.24. The van der Waals surface area contributed by atoms with E-state index in [0.717, 1.165) is 5.69 Å². The van der Waals surface area contributed by atoms with Crippen LogP contribution in [0.15, 0.2) is 23.7 Å². The van der Waals surface area contributed by atoms with E-state index in [4.69, 9.17) is 5.84 Å². The summed E-state index contributed by atoms with van der Waals surface area (Å²) >= 11 is 1.44. The highest BCUT2D eigenvalue weighted by Crippen LogP contribution is 2.40. The summed E-state index contributed by atoms with van der Waals surface area (Å²) in [4.78, 5) is 20.4. The van der Waals surface area contributed by atoms with E-state index in [1.165, 1.54) is 30.4 Å². The zero-order valence-corrected chi connectivity index (χ0v) is 10.9. The molecule has 3 rings (SSSR count). The summed E-state index contributed by atoms with van der Waals surface area (Å²) in [7, 11) is 0. The summed E-state index contributed by atoms with van der Waals surface area (Å²) in [6.07, 6.45) is 3.92. The van der Waals surface area contributed by atoms with Gasteiger partial charge in [0.05, 0.1) is 11.4 Å². The van der Waals surface area contributed by atoms with E-state index < -0.39 is 0 Å². The second kappa shape index (κ2) is 4.94. The number of nitrogens with zero attached hydrogens (tertiary/aromatic N) is 2. The number of hydrogen-bond donors (Lipinski definition) is 3. The fourth-order valence-corrected chi connectivity index (χ4v) is 2.50. The predicted octanol–water partition coefficient (Wildman–Crippen LogP) is 1.95. The Morgan fingerprint density at radius 3 is 3.05 bits per heavy atom. The fraction of sp³-hybridized carbons (Fsp3) is 0.250. The summed E-state index contributed by atoms with van der Waals surface area (Å²) in [6.45, 7) is 0. The molecule has 0 bridgehead atoms. The number of carbonyl (C=O) groups excluding carboxylic acids is 1. The predicted molar refractivity (Wildman–Crippen MR) is 74.1 cm³/mol. The normalized spacial score (nSPS) is 14.2. The van der Waals surface area contributed by atoms with Gasteiger partial charge >= 0.3 is 0 Å². The molecule has 0 aliphatic heterocycles. The van der Waals surface area contributed by atoms with E-state index in [0.29, 0.717) is 22.4 Å². The van der Waals surface area contributed by atoms with E-state index in [2.05, 4.69) is 20.7 Å². The van der Waals surface area contributed by atoms with Gasteiger partial charge in [-0.1, -0.05) is 0 Å². The Balaban J connectivity index is 1.72. The summed E-state index contributed by atoms with van der Waals surface area (Å²) < 4.78 is 0. The van der Waals surface area contributed by atoms with Crippen LogP contribution in [0.2, 0.25) is 0 Å². The lowest BCUT2D eigenvalue weighted by Crippen LogP contribution is -2.15. The smallest absolute Gasteiger partial charge is 0.276 e. The van der Waals surface area contributed by atoms with E-state index in [1.54, 1.807) is 12.1 Å². The van der Waals surface area contributed by atoms with Gasteiger partial charge in [-0.15, -0.1) is 11.3 Å². The Hall–Kier alpha value is -1.99. The number of rotatable bonds is 4. The molecule has 0 aromatic carbocycles. The number of aromatic nitrogens is 2. The molecule has 0 radical (unpaired) electrons. The van der Waals surface area contributed by atoms with Gasteiger partial charge < -0.3 is 5.43 Å². The number of nitrogen functional groups attached to an aromatic ring is 1. The van der Waals surface area contributed by atoms with Crippen molar-refractivity contribution in [1.29, 1.82) is 0 Å². The number of pyridine rings is 1. The maximum Gasteiger partial charge on any atom is 0.276 e. The Kier molecular flexibility index (Phi) is 3.14. The minimum Gasteiger partial charge on any atom is -0.324 e. The van der Waals surface area contributed by atoms with Crippen molar-refractivity contribution in [2.45, 2.75) is 18.8 Å². The first-order chi connectivity index (χ1) is 9.26. The molecule has 1 aliphatic carbocycles. The van der Waals surface area contributed by atoms with Crippen molar-refractivity contribution < 1.29 is 4.79 Å². The maximum absolute atomic E-state index is 12.0. The molecule has 19 heavy (non-hydrogen) atoms. The number of thiazole rings is 1. The van der Waals surface area contributed by atoms with Crippen LogP contribution in [0.25, 0.3) is 0 Å². The Labute approximate surface area is 114 Å². The number of hydrazine groups is 1. The Bertz CT molecular complexity index is 608. The zero-order chi connectivity index (χ0) is 13.2. The van der Waals surface area contributed by atoms with E-state index in [-0.39, 0.29) is 5.91 Å². The first-order valence-corrected chi connectivity index (χ1v) is 6.83. The van der Waals surface area contributed by atoms with Crippen LogP contribution in [0.5, 0.6) is 0 Å². The number of nitrogens with two attached hydrogens (primary N) is 1.